The summed E-state index contributed by atoms with van der Waals surface area (Å²) in [5.41, 5.74) is 5.31. The van der Waals surface area contributed by atoms with Crippen LogP contribution in [0.5, 0.6) is 0 Å². The maximum Gasteiger partial charge on any atom is 0.408 e. The normalized spacial score (nSPS) is 25.5. The van der Waals surface area contributed by atoms with Gasteiger partial charge in [-0.1, -0.05) is 27.7 Å². The van der Waals surface area contributed by atoms with Crippen molar-refractivity contribution < 1.29 is 14.3 Å². The van der Waals surface area contributed by atoms with Crippen LogP contribution in [-0.2, 0) is 9.53 Å². The lowest BCUT2D eigenvalue weighted by molar-refractivity contribution is -0.144. The summed E-state index contributed by atoms with van der Waals surface area (Å²) in [7, 11) is 1.26. The van der Waals surface area contributed by atoms with E-state index in [4.69, 9.17) is 5.73 Å². The highest BCUT2D eigenvalue weighted by Gasteiger charge is 2.51. The largest absolute Gasteiger partial charge is 0.453 e. The van der Waals surface area contributed by atoms with E-state index in [9.17, 15) is 9.59 Å². The van der Waals surface area contributed by atoms with Crippen molar-refractivity contribution in [2.75, 3.05) is 13.7 Å². The molecule has 8 heteroatoms. The Morgan fingerprint density at radius 1 is 1.44 bits per heavy atom. The fourth-order valence-corrected chi connectivity index (χ4v) is 3.28. The third-order valence-electron chi connectivity index (χ3n) is 5.11. The molecule has 0 radical (unpaired) electrons. The molecule has 0 bridgehead atoms. The maximum atomic E-state index is 13.3. The van der Waals surface area contributed by atoms with Crippen LogP contribution in [0.3, 0.4) is 0 Å². The van der Waals surface area contributed by atoms with Crippen molar-refractivity contribution in [1.29, 1.82) is 0 Å². The summed E-state index contributed by atoms with van der Waals surface area (Å²) in [4.78, 5) is 26.9. The highest BCUT2D eigenvalue weighted by molar-refractivity contribution is 5.90. The van der Waals surface area contributed by atoms with Crippen LogP contribution in [0.25, 0.3) is 0 Å². The number of hydrogen-bond acceptors (Lipinski definition) is 6. The lowest BCUT2D eigenvalue weighted by Gasteiger charge is -2.44. The highest BCUT2D eigenvalue weighted by atomic mass is 16.5. The number of likely N-dealkylation sites (tertiary alicyclic amines) is 1. The van der Waals surface area contributed by atoms with Crippen LogP contribution in [0, 0.1) is 5.41 Å². The summed E-state index contributed by atoms with van der Waals surface area (Å²) < 4.78 is 4.68. The number of amides is 2. The number of nitrogens with two attached hydrogens (primary N) is 1. The average molecular weight is 353 g/mol. The molecule has 2 aliphatic rings. The van der Waals surface area contributed by atoms with Gasteiger partial charge in [-0.3, -0.25) is 10.1 Å². The Kier molecular flexibility index (Phi) is 5.51. The lowest BCUT2D eigenvalue weighted by atomic mass is 9.79. The van der Waals surface area contributed by atoms with Crippen molar-refractivity contribution in [3.8, 4) is 0 Å². The van der Waals surface area contributed by atoms with Crippen molar-refractivity contribution in [2.45, 2.75) is 64.8 Å². The second kappa shape index (κ2) is 7.11. The molecule has 8 nitrogen and oxygen atoms in total. The molecule has 3 atom stereocenters. The first-order chi connectivity index (χ1) is 11.6. The van der Waals surface area contributed by atoms with Gasteiger partial charge in [0, 0.05) is 23.9 Å². The molecule has 5 N–H and O–H groups in total. The molecule has 0 aromatic rings. The van der Waals surface area contributed by atoms with E-state index < -0.39 is 17.2 Å². The molecule has 0 aliphatic carbocycles. The van der Waals surface area contributed by atoms with Gasteiger partial charge in [0.2, 0.25) is 0 Å². The van der Waals surface area contributed by atoms with Gasteiger partial charge in [0.15, 0.2) is 5.66 Å². The first kappa shape index (κ1) is 19.4. The summed E-state index contributed by atoms with van der Waals surface area (Å²) in [5.74, 6) is -0.290. The van der Waals surface area contributed by atoms with E-state index in [2.05, 4.69) is 27.6 Å². The first-order valence-corrected chi connectivity index (χ1v) is 8.81. The molecule has 1 saturated heterocycles. The number of ether oxygens (including phenoxy) is 1. The van der Waals surface area contributed by atoms with Gasteiger partial charge in [-0.05, 0) is 19.3 Å². The second-order valence-electron chi connectivity index (χ2n) is 7.69. The summed E-state index contributed by atoms with van der Waals surface area (Å²) in [6.45, 7) is 8.17. The van der Waals surface area contributed by atoms with Crippen molar-refractivity contribution in [3.63, 3.8) is 0 Å². The minimum absolute atomic E-state index is 0.0301. The Labute approximate surface area is 149 Å². The summed E-state index contributed by atoms with van der Waals surface area (Å²) in [6.07, 6.45) is 3.88. The topological polar surface area (TPSA) is 109 Å². The number of rotatable bonds is 4. The fourth-order valence-electron chi connectivity index (χ4n) is 3.28. The number of carbonyl (C=O) groups is 2. The first-order valence-electron chi connectivity index (χ1n) is 8.81. The van der Waals surface area contributed by atoms with Crippen molar-refractivity contribution in [2.24, 2.45) is 11.1 Å². The molecular weight excluding hydrogens is 322 g/mol. The Hall–Kier alpha value is -1.96. The molecule has 1 unspecified atom stereocenters. The third kappa shape index (κ3) is 3.68. The molecule has 0 aromatic carbocycles. The van der Waals surface area contributed by atoms with E-state index in [1.807, 2.05) is 27.0 Å². The molecule has 25 heavy (non-hydrogen) atoms. The molecule has 1 fully saturated rings. The van der Waals surface area contributed by atoms with Crippen molar-refractivity contribution in [3.05, 3.63) is 11.9 Å². The SMILES string of the molecule is CCC1=CNC([C@@H]2CCCN2C(=O)[C@@](N)(NC(=O)OC)C(C)(C)C)N1. The van der Waals surface area contributed by atoms with E-state index in [1.54, 1.807) is 4.90 Å². The van der Waals surface area contributed by atoms with Gasteiger partial charge in [0.25, 0.3) is 5.91 Å². The number of nitrogens with one attached hydrogen (secondary N) is 3. The van der Waals surface area contributed by atoms with Gasteiger partial charge in [0.1, 0.15) is 6.17 Å². The van der Waals surface area contributed by atoms with Crippen LogP contribution < -0.4 is 21.7 Å². The van der Waals surface area contributed by atoms with Gasteiger partial charge in [-0.25, -0.2) is 4.79 Å². The van der Waals surface area contributed by atoms with Crippen LogP contribution in [0.2, 0.25) is 0 Å². The van der Waals surface area contributed by atoms with Crippen molar-refractivity contribution in [1.82, 2.24) is 20.9 Å². The molecular formula is C17H31N5O3. The van der Waals surface area contributed by atoms with Gasteiger partial charge in [-0.2, -0.15) is 0 Å². The second-order valence-corrected chi connectivity index (χ2v) is 7.69. The Balaban J connectivity index is 2.21. The molecule has 0 spiro atoms. The molecule has 2 heterocycles. The minimum Gasteiger partial charge on any atom is -0.453 e. The van der Waals surface area contributed by atoms with E-state index in [0.29, 0.717) is 6.54 Å². The van der Waals surface area contributed by atoms with Gasteiger partial charge < -0.3 is 26.0 Å². The zero-order chi connectivity index (χ0) is 18.8. The summed E-state index contributed by atoms with van der Waals surface area (Å²) in [5, 5.41) is 9.28. The maximum absolute atomic E-state index is 13.3. The molecule has 2 amide bonds. The molecule has 142 valence electrons. The summed E-state index contributed by atoms with van der Waals surface area (Å²) in [6, 6.07) is -0.0301. The molecule has 2 rings (SSSR count). The number of hydrogen-bond donors (Lipinski definition) is 4. The third-order valence-corrected chi connectivity index (χ3v) is 5.11. The fraction of sp³-hybridized carbons (Fsp3) is 0.765. The van der Waals surface area contributed by atoms with Gasteiger partial charge in [-0.15, -0.1) is 0 Å². The number of carbonyl (C=O) groups excluding carboxylic acids is 2. The Morgan fingerprint density at radius 2 is 2.12 bits per heavy atom. The predicted molar refractivity (Wildman–Crippen MR) is 95.1 cm³/mol. The van der Waals surface area contributed by atoms with Gasteiger partial charge in [0.05, 0.1) is 13.2 Å². The van der Waals surface area contributed by atoms with Crippen LogP contribution in [0.1, 0.15) is 47.0 Å². The zero-order valence-corrected chi connectivity index (χ0v) is 15.8. The van der Waals surface area contributed by atoms with Crippen LogP contribution in [-0.4, -0.2) is 48.4 Å². The smallest absolute Gasteiger partial charge is 0.408 e. The molecule has 0 aromatic heterocycles. The highest BCUT2D eigenvalue weighted by Crippen LogP contribution is 2.32. The quantitative estimate of drug-likeness (QED) is 0.557. The average Bonchev–Trinajstić information content (AvgIpc) is 3.20. The van der Waals surface area contributed by atoms with E-state index in [-0.39, 0.29) is 18.1 Å². The predicted octanol–water partition coefficient (Wildman–Crippen LogP) is 0.805. The number of allylic oxidation sites excluding steroid dienone is 1. The molecule has 0 saturated carbocycles. The van der Waals surface area contributed by atoms with Crippen LogP contribution in [0.15, 0.2) is 11.9 Å². The minimum atomic E-state index is -1.55. The molecule has 2 aliphatic heterocycles. The van der Waals surface area contributed by atoms with Crippen molar-refractivity contribution >= 4 is 12.0 Å². The summed E-state index contributed by atoms with van der Waals surface area (Å²) >= 11 is 0. The lowest BCUT2D eigenvalue weighted by Crippen LogP contribution is -2.73. The standard InChI is InChI=1S/C17H31N5O3/c1-6-11-10-19-13(20-11)12-8-7-9-22(12)14(23)17(18,16(2,3)4)21-15(24)25-5/h10,12-13,19-20H,6-9,18H2,1-5H3,(H,21,24)/t12-,13?,17+/m0/s1. The Bertz CT molecular complexity index is 557. The number of alkyl carbamates (subject to hydrolysis) is 1. The van der Waals surface area contributed by atoms with E-state index in [1.165, 1.54) is 7.11 Å². The number of methoxy groups -OCH3 is 1. The van der Waals surface area contributed by atoms with Crippen LogP contribution in [0.4, 0.5) is 4.79 Å². The van der Waals surface area contributed by atoms with Crippen LogP contribution >= 0.6 is 0 Å². The number of nitrogens with zero attached hydrogens (tertiary/aromatic N) is 1. The van der Waals surface area contributed by atoms with E-state index >= 15 is 0 Å². The van der Waals surface area contributed by atoms with Gasteiger partial charge >= 0.3 is 6.09 Å². The van der Waals surface area contributed by atoms with E-state index in [0.717, 1.165) is 25.0 Å². The zero-order valence-electron chi connectivity index (χ0n) is 15.8. The Morgan fingerprint density at radius 3 is 2.64 bits per heavy atom. The monoisotopic (exact) mass is 353 g/mol.